The third kappa shape index (κ3) is 7.20. The molecule has 7 nitrogen and oxygen atoms in total. The van der Waals surface area contributed by atoms with Gasteiger partial charge in [0.2, 0.25) is 10.0 Å². The van der Waals surface area contributed by atoms with Crippen molar-refractivity contribution in [2.45, 2.75) is 50.3 Å². The van der Waals surface area contributed by atoms with Gasteiger partial charge in [0, 0.05) is 13.1 Å². The van der Waals surface area contributed by atoms with Crippen LogP contribution in [0, 0.1) is 0 Å². The summed E-state index contributed by atoms with van der Waals surface area (Å²) >= 11 is 0. The summed E-state index contributed by atoms with van der Waals surface area (Å²) in [5.74, 6) is 0.965. The predicted molar refractivity (Wildman–Crippen MR) is 128 cm³/mol. The van der Waals surface area contributed by atoms with E-state index < -0.39 is 10.0 Å². The SMILES string of the molecule is CC(C)(C)c1ccc(OCC(=O)NCCOc2ccc(S(=O)(=O)N3CCCCC3)cc2)cc1. The van der Waals surface area contributed by atoms with Gasteiger partial charge in [-0.2, -0.15) is 4.31 Å². The number of nitrogens with one attached hydrogen (secondary N) is 1. The molecule has 0 atom stereocenters. The Bertz CT molecular complexity index is 1010. The second-order valence-electron chi connectivity index (χ2n) is 9.20. The van der Waals surface area contributed by atoms with Crippen molar-refractivity contribution in [3.8, 4) is 11.5 Å². The highest BCUT2D eigenvalue weighted by Gasteiger charge is 2.25. The van der Waals surface area contributed by atoms with Gasteiger partial charge < -0.3 is 14.8 Å². The molecule has 1 saturated heterocycles. The average Bonchev–Trinajstić information content (AvgIpc) is 2.81. The number of ether oxygens (including phenoxy) is 2. The van der Waals surface area contributed by atoms with Crippen molar-refractivity contribution in [1.82, 2.24) is 9.62 Å². The molecular formula is C25H34N2O5S. The molecule has 3 rings (SSSR count). The molecule has 180 valence electrons. The van der Waals surface area contributed by atoms with Crippen LogP contribution < -0.4 is 14.8 Å². The van der Waals surface area contributed by atoms with E-state index >= 15 is 0 Å². The molecule has 1 amide bonds. The van der Waals surface area contributed by atoms with Crippen LogP contribution in [0.4, 0.5) is 0 Å². The predicted octanol–water partition coefficient (Wildman–Crippen LogP) is 3.73. The van der Waals surface area contributed by atoms with Crippen molar-refractivity contribution in [1.29, 1.82) is 0 Å². The first-order chi connectivity index (χ1) is 15.7. The lowest BCUT2D eigenvalue weighted by Crippen LogP contribution is -2.35. The van der Waals surface area contributed by atoms with Crippen LogP contribution >= 0.6 is 0 Å². The van der Waals surface area contributed by atoms with Crippen molar-refractivity contribution in [2.24, 2.45) is 0 Å². The molecule has 2 aromatic carbocycles. The monoisotopic (exact) mass is 474 g/mol. The first-order valence-corrected chi connectivity index (χ1v) is 12.8. The number of amides is 1. The molecule has 1 fully saturated rings. The van der Waals surface area contributed by atoms with E-state index in [2.05, 4.69) is 26.1 Å². The van der Waals surface area contributed by atoms with Crippen molar-refractivity contribution in [3.05, 3.63) is 54.1 Å². The molecule has 2 aromatic rings. The summed E-state index contributed by atoms with van der Waals surface area (Å²) in [7, 11) is -3.45. The molecule has 0 spiro atoms. The number of nitrogens with zero attached hydrogens (tertiary/aromatic N) is 1. The Morgan fingerprint density at radius 2 is 1.48 bits per heavy atom. The van der Waals surface area contributed by atoms with Crippen LogP contribution in [0.5, 0.6) is 11.5 Å². The van der Waals surface area contributed by atoms with E-state index in [1.54, 1.807) is 28.6 Å². The number of hydrogen-bond acceptors (Lipinski definition) is 5. The number of carbonyl (C=O) groups excluding carboxylic acids is 1. The fourth-order valence-electron chi connectivity index (χ4n) is 3.57. The third-order valence-corrected chi connectivity index (χ3v) is 7.47. The molecule has 0 aromatic heterocycles. The number of piperidine rings is 1. The third-order valence-electron chi connectivity index (χ3n) is 5.56. The summed E-state index contributed by atoms with van der Waals surface area (Å²) in [4.78, 5) is 12.3. The minimum absolute atomic E-state index is 0.0673. The Kier molecular flexibility index (Phi) is 8.37. The zero-order valence-corrected chi connectivity index (χ0v) is 20.5. The Labute approximate surface area is 197 Å². The summed E-state index contributed by atoms with van der Waals surface area (Å²) < 4.78 is 38.1. The maximum Gasteiger partial charge on any atom is 0.258 e. The Morgan fingerprint density at radius 3 is 2.09 bits per heavy atom. The Morgan fingerprint density at radius 1 is 0.909 bits per heavy atom. The molecule has 0 unspecified atom stereocenters. The van der Waals surface area contributed by atoms with E-state index in [9.17, 15) is 13.2 Å². The van der Waals surface area contributed by atoms with Crippen LogP contribution in [0.15, 0.2) is 53.4 Å². The summed E-state index contributed by atoms with van der Waals surface area (Å²) in [6.07, 6.45) is 2.88. The maximum absolute atomic E-state index is 12.7. The molecular weight excluding hydrogens is 440 g/mol. The van der Waals surface area contributed by atoms with E-state index in [-0.39, 0.29) is 29.4 Å². The molecule has 0 radical (unpaired) electrons. The number of hydrogen-bond donors (Lipinski definition) is 1. The minimum Gasteiger partial charge on any atom is -0.492 e. The van der Waals surface area contributed by atoms with Gasteiger partial charge in [-0.1, -0.05) is 39.3 Å². The fraction of sp³-hybridized carbons (Fsp3) is 0.480. The lowest BCUT2D eigenvalue weighted by molar-refractivity contribution is -0.123. The van der Waals surface area contributed by atoms with E-state index in [4.69, 9.17) is 9.47 Å². The van der Waals surface area contributed by atoms with Crippen molar-refractivity contribution in [3.63, 3.8) is 0 Å². The van der Waals surface area contributed by atoms with E-state index in [0.29, 0.717) is 31.1 Å². The van der Waals surface area contributed by atoms with E-state index in [0.717, 1.165) is 19.3 Å². The van der Waals surface area contributed by atoms with Crippen LogP contribution in [0.25, 0.3) is 0 Å². The molecule has 1 aliphatic rings. The average molecular weight is 475 g/mol. The number of benzene rings is 2. The molecule has 1 heterocycles. The topological polar surface area (TPSA) is 84.9 Å². The maximum atomic E-state index is 12.7. The van der Waals surface area contributed by atoms with Crippen LogP contribution in [0.2, 0.25) is 0 Å². The molecule has 1 N–H and O–H groups in total. The summed E-state index contributed by atoms with van der Waals surface area (Å²) in [6.45, 7) is 8.10. The highest BCUT2D eigenvalue weighted by molar-refractivity contribution is 7.89. The molecule has 0 aliphatic carbocycles. The summed E-state index contributed by atoms with van der Waals surface area (Å²) in [6, 6.07) is 14.2. The van der Waals surface area contributed by atoms with Crippen molar-refractivity contribution in [2.75, 3.05) is 32.8 Å². The zero-order valence-electron chi connectivity index (χ0n) is 19.7. The van der Waals surface area contributed by atoms with Crippen LogP contribution in [-0.2, 0) is 20.2 Å². The quantitative estimate of drug-likeness (QED) is 0.560. The van der Waals surface area contributed by atoms with Gasteiger partial charge in [-0.3, -0.25) is 4.79 Å². The van der Waals surface area contributed by atoms with E-state index in [1.807, 2.05) is 24.3 Å². The van der Waals surface area contributed by atoms with Crippen LogP contribution in [0.3, 0.4) is 0 Å². The lowest BCUT2D eigenvalue weighted by atomic mass is 9.87. The van der Waals surface area contributed by atoms with Gasteiger partial charge in [0.05, 0.1) is 11.4 Å². The molecule has 8 heteroatoms. The smallest absolute Gasteiger partial charge is 0.258 e. The number of rotatable bonds is 9. The second kappa shape index (κ2) is 11.0. The molecule has 0 saturated carbocycles. The van der Waals surface area contributed by atoms with Gasteiger partial charge >= 0.3 is 0 Å². The lowest BCUT2D eigenvalue weighted by Gasteiger charge is -2.25. The van der Waals surface area contributed by atoms with Gasteiger partial charge in [-0.15, -0.1) is 0 Å². The zero-order chi connectivity index (χ0) is 23.9. The first-order valence-electron chi connectivity index (χ1n) is 11.4. The minimum atomic E-state index is -3.45. The van der Waals surface area contributed by atoms with Gasteiger partial charge in [0.25, 0.3) is 5.91 Å². The molecule has 33 heavy (non-hydrogen) atoms. The molecule has 0 bridgehead atoms. The first kappa shape index (κ1) is 25.1. The number of carbonyl (C=O) groups is 1. The normalized spacial score (nSPS) is 15.1. The largest absolute Gasteiger partial charge is 0.492 e. The standard InChI is InChI=1S/C25H34N2O5S/c1-25(2,3)20-7-9-22(10-8-20)32-19-24(28)26-15-18-31-21-11-13-23(14-12-21)33(29,30)27-16-5-4-6-17-27/h7-14H,4-6,15-19H2,1-3H3,(H,26,28). The summed E-state index contributed by atoms with van der Waals surface area (Å²) in [5.41, 5.74) is 1.27. The Balaban J connectivity index is 1.37. The van der Waals surface area contributed by atoms with Gasteiger partial charge in [0.1, 0.15) is 18.1 Å². The molecule has 1 aliphatic heterocycles. The summed E-state index contributed by atoms with van der Waals surface area (Å²) in [5, 5.41) is 2.75. The highest BCUT2D eigenvalue weighted by Crippen LogP contribution is 2.24. The van der Waals surface area contributed by atoms with Crippen molar-refractivity contribution < 1.29 is 22.7 Å². The highest BCUT2D eigenvalue weighted by atomic mass is 32.2. The Hall–Kier alpha value is -2.58. The van der Waals surface area contributed by atoms with Gasteiger partial charge in [0.15, 0.2) is 6.61 Å². The van der Waals surface area contributed by atoms with Crippen molar-refractivity contribution >= 4 is 15.9 Å². The van der Waals surface area contributed by atoms with Crippen LogP contribution in [0.1, 0.15) is 45.6 Å². The fourth-order valence-corrected chi connectivity index (χ4v) is 5.09. The van der Waals surface area contributed by atoms with Crippen LogP contribution in [-0.4, -0.2) is 51.5 Å². The number of sulfonamides is 1. The second-order valence-corrected chi connectivity index (χ2v) is 11.1. The van der Waals surface area contributed by atoms with E-state index in [1.165, 1.54) is 5.56 Å². The van der Waals surface area contributed by atoms with Gasteiger partial charge in [-0.05, 0) is 60.2 Å². The van der Waals surface area contributed by atoms with Gasteiger partial charge in [-0.25, -0.2) is 8.42 Å².